The van der Waals surface area contributed by atoms with Gasteiger partial charge in [-0.3, -0.25) is 9.59 Å². The number of hydrogen-bond acceptors (Lipinski definition) is 4. The fourth-order valence-electron chi connectivity index (χ4n) is 2.88. The van der Waals surface area contributed by atoms with Gasteiger partial charge in [-0.15, -0.1) is 0 Å². The summed E-state index contributed by atoms with van der Waals surface area (Å²) >= 11 is 0. The molecule has 0 spiro atoms. The van der Waals surface area contributed by atoms with Crippen molar-refractivity contribution in [3.8, 4) is 0 Å². The summed E-state index contributed by atoms with van der Waals surface area (Å²) in [7, 11) is 1.32. The first-order chi connectivity index (χ1) is 11.0. The molecule has 6 heteroatoms. The van der Waals surface area contributed by atoms with Gasteiger partial charge in [0.2, 0.25) is 11.8 Å². The first-order valence-electron chi connectivity index (χ1n) is 7.79. The maximum Gasteiger partial charge on any atom is 0.337 e. The van der Waals surface area contributed by atoms with Crippen LogP contribution < -0.4 is 5.32 Å². The largest absolute Gasteiger partial charge is 0.465 e. The molecule has 2 amide bonds. The molecule has 2 aliphatic rings. The van der Waals surface area contributed by atoms with Crippen molar-refractivity contribution in [1.82, 2.24) is 4.90 Å². The maximum absolute atomic E-state index is 12.4. The first-order valence-corrected chi connectivity index (χ1v) is 7.79. The number of nitrogens with one attached hydrogen (secondary N) is 1. The van der Waals surface area contributed by atoms with Crippen molar-refractivity contribution in [2.75, 3.05) is 19.0 Å². The Labute approximate surface area is 134 Å². The van der Waals surface area contributed by atoms with Crippen molar-refractivity contribution in [1.29, 1.82) is 0 Å². The minimum absolute atomic E-state index is 0.0627. The number of carbonyl (C=O) groups excluding carboxylic acids is 3. The van der Waals surface area contributed by atoms with Crippen molar-refractivity contribution in [2.45, 2.75) is 32.2 Å². The quantitative estimate of drug-likeness (QED) is 0.858. The molecular formula is C17H20N2O4. The Balaban J connectivity index is 1.70. The van der Waals surface area contributed by atoms with E-state index in [4.69, 9.17) is 4.74 Å². The molecule has 0 unspecified atom stereocenters. The molecule has 3 rings (SSSR count). The second-order valence-electron chi connectivity index (χ2n) is 6.19. The highest BCUT2D eigenvalue weighted by atomic mass is 16.5. The van der Waals surface area contributed by atoms with Crippen LogP contribution in [0.15, 0.2) is 18.2 Å². The maximum atomic E-state index is 12.4. The molecule has 1 saturated heterocycles. The van der Waals surface area contributed by atoms with Crippen molar-refractivity contribution < 1.29 is 19.1 Å². The minimum atomic E-state index is -0.448. The van der Waals surface area contributed by atoms with E-state index in [1.54, 1.807) is 18.2 Å². The van der Waals surface area contributed by atoms with Crippen LogP contribution in [0.2, 0.25) is 0 Å². The van der Waals surface area contributed by atoms with E-state index in [0.29, 0.717) is 23.8 Å². The summed E-state index contributed by atoms with van der Waals surface area (Å²) < 4.78 is 4.69. The second kappa shape index (κ2) is 6.02. The fraction of sp³-hybridized carbons (Fsp3) is 0.471. The van der Waals surface area contributed by atoms with Gasteiger partial charge in [0.15, 0.2) is 0 Å². The van der Waals surface area contributed by atoms with Crippen molar-refractivity contribution in [3.05, 3.63) is 29.3 Å². The van der Waals surface area contributed by atoms with E-state index in [-0.39, 0.29) is 24.2 Å². The summed E-state index contributed by atoms with van der Waals surface area (Å²) in [5.74, 6) is -0.889. The highest BCUT2D eigenvalue weighted by Crippen LogP contribution is 2.33. The van der Waals surface area contributed by atoms with Crippen LogP contribution in [0.25, 0.3) is 0 Å². The van der Waals surface area contributed by atoms with E-state index in [1.165, 1.54) is 7.11 Å². The Morgan fingerprint density at radius 3 is 2.70 bits per heavy atom. The number of esters is 1. The molecule has 122 valence electrons. The summed E-state index contributed by atoms with van der Waals surface area (Å²) in [6, 6.07) is 5.36. The molecule has 6 nitrogen and oxygen atoms in total. The third-order valence-corrected chi connectivity index (χ3v) is 4.43. The standard InChI is InChI=1S/C17H20N2O4/c1-10-3-4-11(17(22)23-2)7-14(10)18-16(21)12-8-15(20)19(9-12)13-5-6-13/h3-4,7,12-13H,5-6,8-9H2,1-2H3,(H,18,21)/t12-/m0/s1. The van der Waals surface area contributed by atoms with Gasteiger partial charge in [-0.05, 0) is 37.5 Å². The average Bonchev–Trinajstić information content (AvgIpc) is 3.30. The number of anilines is 1. The van der Waals surface area contributed by atoms with Crippen LogP contribution >= 0.6 is 0 Å². The number of ether oxygens (including phenoxy) is 1. The zero-order valence-corrected chi connectivity index (χ0v) is 13.3. The van der Waals surface area contributed by atoms with E-state index in [2.05, 4.69) is 5.32 Å². The molecule has 1 atom stereocenters. The number of methoxy groups -OCH3 is 1. The molecule has 0 bridgehead atoms. The van der Waals surface area contributed by atoms with Gasteiger partial charge >= 0.3 is 5.97 Å². The fourth-order valence-corrected chi connectivity index (χ4v) is 2.88. The molecule has 0 aromatic heterocycles. The smallest absolute Gasteiger partial charge is 0.337 e. The monoisotopic (exact) mass is 316 g/mol. The second-order valence-corrected chi connectivity index (χ2v) is 6.19. The summed E-state index contributed by atoms with van der Waals surface area (Å²) in [5, 5.41) is 2.85. The van der Waals surface area contributed by atoms with Gasteiger partial charge in [-0.2, -0.15) is 0 Å². The molecule has 23 heavy (non-hydrogen) atoms. The molecule has 1 aliphatic heterocycles. The number of rotatable bonds is 4. The molecule has 1 saturated carbocycles. The molecular weight excluding hydrogens is 296 g/mol. The molecule has 1 aromatic rings. The lowest BCUT2D eigenvalue weighted by molar-refractivity contribution is -0.128. The Hall–Kier alpha value is -2.37. The average molecular weight is 316 g/mol. The van der Waals surface area contributed by atoms with E-state index in [1.807, 2.05) is 11.8 Å². The van der Waals surface area contributed by atoms with E-state index in [9.17, 15) is 14.4 Å². The lowest BCUT2D eigenvalue weighted by atomic mass is 10.1. The highest BCUT2D eigenvalue weighted by Gasteiger charge is 2.41. The predicted octanol–water partition coefficient (Wildman–Crippen LogP) is 1.73. The van der Waals surface area contributed by atoms with Crippen LogP contribution in [0.1, 0.15) is 35.2 Å². The third-order valence-electron chi connectivity index (χ3n) is 4.43. The summed E-state index contributed by atoms with van der Waals surface area (Å²) in [4.78, 5) is 37.8. The number of amides is 2. The molecule has 1 aliphatic carbocycles. The number of hydrogen-bond donors (Lipinski definition) is 1. The van der Waals surface area contributed by atoms with Crippen LogP contribution in [-0.2, 0) is 14.3 Å². The molecule has 0 radical (unpaired) electrons. The van der Waals surface area contributed by atoms with Crippen LogP contribution in [-0.4, -0.2) is 42.4 Å². The van der Waals surface area contributed by atoms with Crippen molar-refractivity contribution >= 4 is 23.5 Å². The van der Waals surface area contributed by atoms with Gasteiger partial charge < -0.3 is 15.0 Å². The Kier molecular flexibility index (Phi) is 4.07. The van der Waals surface area contributed by atoms with Gasteiger partial charge in [-0.1, -0.05) is 6.07 Å². The Morgan fingerprint density at radius 2 is 2.04 bits per heavy atom. The number of likely N-dealkylation sites (tertiary alicyclic amines) is 1. The zero-order valence-electron chi connectivity index (χ0n) is 13.3. The zero-order chi connectivity index (χ0) is 16.6. The number of benzene rings is 1. The number of carbonyl (C=O) groups is 3. The molecule has 1 heterocycles. The Bertz CT molecular complexity index is 667. The van der Waals surface area contributed by atoms with Gasteiger partial charge in [0.25, 0.3) is 0 Å². The predicted molar refractivity (Wildman–Crippen MR) is 84.0 cm³/mol. The van der Waals surface area contributed by atoms with Crippen LogP contribution in [0.4, 0.5) is 5.69 Å². The normalized spacial score (nSPS) is 20.5. The number of aryl methyl sites for hydroxylation is 1. The molecule has 2 fully saturated rings. The first kappa shape index (κ1) is 15.5. The van der Waals surface area contributed by atoms with E-state index < -0.39 is 5.97 Å². The summed E-state index contributed by atoms with van der Waals surface area (Å²) in [6.45, 7) is 2.35. The lowest BCUT2D eigenvalue weighted by Crippen LogP contribution is -2.30. The van der Waals surface area contributed by atoms with E-state index >= 15 is 0 Å². The third kappa shape index (κ3) is 3.21. The lowest BCUT2D eigenvalue weighted by Gasteiger charge is -2.16. The van der Waals surface area contributed by atoms with Gasteiger partial charge in [0.05, 0.1) is 18.6 Å². The summed E-state index contributed by atoms with van der Waals surface area (Å²) in [5.41, 5.74) is 1.82. The van der Waals surface area contributed by atoms with Gasteiger partial charge in [0, 0.05) is 24.7 Å². The molecule has 1 aromatic carbocycles. The van der Waals surface area contributed by atoms with E-state index in [0.717, 1.165) is 18.4 Å². The summed E-state index contributed by atoms with van der Waals surface area (Å²) in [6.07, 6.45) is 2.35. The SMILES string of the molecule is COC(=O)c1ccc(C)c(NC(=O)[C@H]2CC(=O)N(C3CC3)C2)c1. The van der Waals surface area contributed by atoms with Gasteiger partial charge in [-0.25, -0.2) is 4.79 Å². The Morgan fingerprint density at radius 1 is 1.30 bits per heavy atom. The van der Waals surface area contributed by atoms with Crippen molar-refractivity contribution in [3.63, 3.8) is 0 Å². The minimum Gasteiger partial charge on any atom is -0.465 e. The van der Waals surface area contributed by atoms with Gasteiger partial charge in [0.1, 0.15) is 0 Å². The van der Waals surface area contributed by atoms with Crippen molar-refractivity contribution in [2.24, 2.45) is 5.92 Å². The number of nitrogens with zero attached hydrogens (tertiary/aromatic N) is 1. The topological polar surface area (TPSA) is 75.7 Å². The highest BCUT2D eigenvalue weighted by molar-refractivity contribution is 5.99. The molecule has 1 N–H and O–H groups in total. The van der Waals surface area contributed by atoms with Crippen LogP contribution in [0, 0.1) is 12.8 Å². The van der Waals surface area contributed by atoms with Crippen LogP contribution in [0.5, 0.6) is 0 Å². The van der Waals surface area contributed by atoms with Crippen LogP contribution in [0.3, 0.4) is 0 Å².